The fourth-order valence-electron chi connectivity index (χ4n) is 10.2. The molecule has 0 saturated carbocycles. The van der Waals surface area contributed by atoms with Crippen LogP contribution < -0.4 is 10.6 Å². The number of alkyl carbamates (subject to hydrolysis) is 1. The van der Waals surface area contributed by atoms with E-state index in [4.69, 9.17) is 14.2 Å². The highest BCUT2D eigenvalue weighted by Crippen LogP contribution is 2.52. The Morgan fingerprint density at radius 2 is 1.29 bits per heavy atom. The predicted molar refractivity (Wildman–Crippen MR) is 279 cm³/mol. The van der Waals surface area contributed by atoms with Gasteiger partial charge in [-0.2, -0.15) is 0 Å². The minimum Gasteiger partial charge on any atom is -0.456 e. The van der Waals surface area contributed by atoms with Gasteiger partial charge in [-0.25, -0.2) is 14.4 Å². The minimum absolute atomic E-state index is 0.0216. The van der Waals surface area contributed by atoms with Crippen molar-refractivity contribution < 1.29 is 68.0 Å². The molecule has 416 valence electrons. The van der Waals surface area contributed by atoms with E-state index >= 15 is 0 Å². The van der Waals surface area contributed by atoms with Crippen molar-refractivity contribution in [2.24, 2.45) is 11.8 Å². The van der Waals surface area contributed by atoms with Crippen molar-refractivity contribution >= 4 is 64.7 Å². The summed E-state index contributed by atoms with van der Waals surface area (Å²) in [6.45, 7) is 2.57. The van der Waals surface area contributed by atoms with Crippen LogP contribution in [-0.2, 0) is 59.6 Å². The topological polar surface area (TPSA) is 334 Å². The molecule has 8 rings (SSSR count). The van der Waals surface area contributed by atoms with E-state index in [-0.39, 0.29) is 75.1 Å². The number of nitrogens with one attached hydrogen (secondary N) is 2. The first-order chi connectivity index (χ1) is 37.8. The molecule has 3 fully saturated rings. The number of carbonyl (C=O) groups is 6. The van der Waals surface area contributed by atoms with Gasteiger partial charge in [0.1, 0.15) is 31.6 Å². The van der Waals surface area contributed by atoms with E-state index < -0.39 is 111 Å². The van der Waals surface area contributed by atoms with Gasteiger partial charge in [0.05, 0.1) is 51.4 Å². The summed E-state index contributed by atoms with van der Waals surface area (Å²) in [4.78, 5) is 119. The van der Waals surface area contributed by atoms with E-state index in [0.29, 0.717) is 28.0 Å². The summed E-state index contributed by atoms with van der Waals surface area (Å²) < 4.78 is 16.7. The number of nitro benzene ring substituents is 3. The molecule has 5 amide bonds. The van der Waals surface area contributed by atoms with Gasteiger partial charge in [-0.3, -0.25) is 49.6 Å². The van der Waals surface area contributed by atoms with Crippen LogP contribution in [0.15, 0.2) is 114 Å². The molecule has 3 saturated heterocycles. The molecule has 4 aliphatic heterocycles. The molecule has 0 spiro atoms. The van der Waals surface area contributed by atoms with Gasteiger partial charge in [0.2, 0.25) is 17.7 Å². The van der Waals surface area contributed by atoms with Crippen LogP contribution in [0, 0.1) is 42.2 Å². The maximum Gasteiger partial charge on any atom is 0.410 e. The molecule has 9 atom stereocenters. The highest BCUT2D eigenvalue weighted by Gasteiger charge is 2.61. The Morgan fingerprint density at radius 1 is 0.747 bits per heavy atom. The first-order valence-electron chi connectivity index (χ1n) is 25.2. The predicted octanol–water partition coefficient (Wildman–Crippen LogP) is 5.04. The van der Waals surface area contributed by atoms with E-state index in [1.807, 2.05) is 0 Å². The number of hydrogen-bond acceptors (Lipinski definition) is 18. The molecular formula is C53H56N8O17S. The summed E-state index contributed by atoms with van der Waals surface area (Å²) in [5.41, 5.74) is 1.56. The van der Waals surface area contributed by atoms with Crippen LogP contribution in [-0.4, -0.2) is 137 Å². The number of esters is 1. The lowest BCUT2D eigenvalue weighted by Crippen LogP contribution is -2.63. The second-order valence-corrected chi connectivity index (χ2v) is 21.0. The van der Waals surface area contributed by atoms with Crippen LogP contribution in [0.2, 0.25) is 0 Å². The van der Waals surface area contributed by atoms with Crippen molar-refractivity contribution in [3.8, 4) is 0 Å². The summed E-state index contributed by atoms with van der Waals surface area (Å²) in [6, 6.07) is 21.8. The third kappa shape index (κ3) is 13.4. The van der Waals surface area contributed by atoms with Gasteiger partial charge in [-0.1, -0.05) is 37.3 Å². The summed E-state index contributed by atoms with van der Waals surface area (Å²) in [7, 11) is 0. The average Bonchev–Trinajstić information content (AvgIpc) is 3.66. The number of β-lactam (4-membered cyclic amide) rings is 1. The van der Waals surface area contributed by atoms with Crippen molar-refractivity contribution in [1.29, 1.82) is 0 Å². The number of nitrogens with zero attached hydrogens (tertiary/aromatic N) is 6. The number of carbonyl (C=O) groups excluding carboxylic acids is 6. The zero-order chi connectivity index (χ0) is 56.7. The summed E-state index contributed by atoms with van der Waals surface area (Å²) in [5.74, 6) is -3.75. The number of nitro groups is 3. The lowest BCUT2D eigenvalue weighted by molar-refractivity contribution is -0.385. The quantitative estimate of drug-likeness (QED) is 0.0279. The van der Waals surface area contributed by atoms with E-state index in [0.717, 1.165) is 5.56 Å². The van der Waals surface area contributed by atoms with Crippen molar-refractivity contribution in [3.05, 3.63) is 166 Å². The third-order valence-electron chi connectivity index (χ3n) is 14.2. The molecule has 26 heteroatoms. The van der Waals surface area contributed by atoms with Gasteiger partial charge in [-0.15, -0.1) is 11.8 Å². The average molecular weight is 1110 g/mol. The summed E-state index contributed by atoms with van der Waals surface area (Å²) in [5, 5.41) is 60.4. The number of likely N-dealkylation sites (tertiary alicyclic amines) is 2. The number of ether oxygens (including phenoxy) is 3. The Kier molecular flexibility index (Phi) is 17.9. The molecule has 25 nitrogen and oxygen atoms in total. The van der Waals surface area contributed by atoms with Gasteiger partial charge in [0, 0.05) is 78.1 Å². The molecule has 0 aliphatic carbocycles. The van der Waals surface area contributed by atoms with Crippen LogP contribution in [0.4, 0.5) is 26.7 Å². The van der Waals surface area contributed by atoms with E-state index in [9.17, 15) is 69.3 Å². The lowest BCUT2D eigenvalue weighted by Gasteiger charge is -2.46. The first kappa shape index (κ1) is 56.7. The van der Waals surface area contributed by atoms with Gasteiger partial charge >= 0.3 is 18.2 Å². The van der Waals surface area contributed by atoms with Crippen LogP contribution in [0.3, 0.4) is 0 Å². The Morgan fingerprint density at radius 3 is 1.84 bits per heavy atom. The standard InChI is InChI=1S/C53H56N8O17S/c1-30-46-45(31(2)62)50(66)58(46)47(51(67)76-27-33-8-14-37(15-9-33)59(70)71)48(30)79-40-23-42(57(26-40)53(69)78-29-35-12-18-39(19-13-35)61(74)75)49(65)56-21-20-36(25-56)54-44(64)24-43(63)41(22-32-6-4-3-5-7-32)55-52(68)77-28-34-10-16-38(17-11-34)60(72)73/h3-19,30-31,36,40-43,45-46,62-63H,20-29H2,1-2H3,(H,54,64)(H,55,68)/t30-,31-,36+,40+,41+,42+,43-,45-,46-/m1/s1. The Balaban J connectivity index is 0.945. The fourth-order valence-corrected chi connectivity index (χ4v) is 11.7. The number of benzene rings is 4. The van der Waals surface area contributed by atoms with Crippen LogP contribution >= 0.6 is 11.8 Å². The van der Waals surface area contributed by atoms with E-state index in [1.54, 1.807) is 37.3 Å². The number of non-ortho nitro benzene ring substituents is 3. The molecule has 4 aromatic rings. The zero-order valence-electron chi connectivity index (χ0n) is 42.7. The highest BCUT2D eigenvalue weighted by molar-refractivity contribution is 8.03. The number of rotatable bonds is 21. The molecule has 0 aromatic heterocycles. The van der Waals surface area contributed by atoms with Gasteiger partial charge in [0.25, 0.3) is 17.1 Å². The molecule has 79 heavy (non-hydrogen) atoms. The Bertz CT molecular complexity index is 3000. The second kappa shape index (κ2) is 24.9. The zero-order valence-corrected chi connectivity index (χ0v) is 43.5. The number of thioether (sulfide) groups is 1. The van der Waals surface area contributed by atoms with Crippen molar-refractivity contribution in [3.63, 3.8) is 0 Å². The number of aliphatic hydroxyl groups excluding tert-OH is 2. The van der Waals surface area contributed by atoms with Crippen LogP contribution in [0.1, 0.15) is 55.4 Å². The minimum atomic E-state index is -1.41. The molecule has 4 heterocycles. The number of amides is 5. The van der Waals surface area contributed by atoms with Gasteiger partial charge in [-0.05, 0) is 84.8 Å². The normalized spacial score (nSPS) is 21.5. The molecule has 4 N–H and O–H groups in total. The van der Waals surface area contributed by atoms with Crippen molar-refractivity contribution in [2.45, 2.75) is 101 Å². The molecular weight excluding hydrogens is 1050 g/mol. The number of aliphatic hydroxyl groups is 2. The fraction of sp³-hybridized carbons (Fsp3) is 0.396. The van der Waals surface area contributed by atoms with Gasteiger partial charge in [0.15, 0.2) is 0 Å². The summed E-state index contributed by atoms with van der Waals surface area (Å²) in [6.07, 6.45) is -4.24. The van der Waals surface area contributed by atoms with E-state index in [2.05, 4.69) is 10.6 Å². The maximum absolute atomic E-state index is 14.6. The number of hydrogen-bond donors (Lipinski definition) is 4. The largest absolute Gasteiger partial charge is 0.456 e. The maximum atomic E-state index is 14.6. The van der Waals surface area contributed by atoms with Crippen LogP contribution in [0.5, 0.6) is 0 Å². The van der Waals surface area contributed by atoms with Crippen molar-refractivity contribution in [2.75, 3.05) is 19.6 Å². The second-order valence-electron chi connectivity index (χ2n) is 19.6. The van der Waals surface area contributed by atoms with Gasteiger partial charge < -0.3 is 44.9 Å². The Labute approximate surface area is 455 Å². The third-order valence-corrected chi connectivity index (χ3v) is 15.7. The highest BCUT2D eigenvalue weighted by atomic mass is 32.2. The molecule has 4 aromatic carbocycles. The molecule has 4 aliphatic rings. The monoisotopic (exact) mass is 1110 g/mol. The van der Waals surface area contributed by atoms with Crippen LogP contribution in [0.25, 0.3) is 0 Å². The summed E-state index contributed by atoms with van der Waals surface area (Å²) >= 11 is 1.19. The molecule has 0 bridgehead atoms. The number of fused-ring (bicyclic) bond motifs is 1. The van der Waals surface area contributed by atoms with Crippen molar-refractivity contribution in [1.82, 2.24) is 25.3 Å². The Hall–Kier alpha value is -8.49. The molecule has 0 unspecified atom stereocenters. The first-order valence-corrected chi connectivity index (χ1v) is 26.1. The smallest absolute Gasteiger partial charge is 0.410 e. The van der Waals surface area contributed by atoms with E-state index in [1.165, 1.54) is 106 Å². The SMILES string of the molecule is C[C@@H](O)[C@H]1C(=O)N2C(C(=O)OCc3ccc([N+](=O)[O-])cc3)=C(S[C@H]3C[C@@H](C(=O)N4CC[C@H](NC(=O)C[C@@H](O)[C@H](Cc5ccccc5)NC(=O)OCc5ccc([N+](=O)[O-])cc5)C4)N(C(=O)OCc4ccc([N+](=O)[O-])cc4)C3)[C@H](C)[C@H]12. The lowest BCUT2D eigenvalue weighted by atomic mass is 9.79. The molecule has 0 radical (unpaired) electrons.